The van der Waals surface area contributed by atoms with Crippen molar-refractivity contribution in [3.63, 3.8) is 0 Å². The average molecular weight is 1030 g/mol. The lowest BCUT2D eigenvalue weighted by Crippen LogP contribution is -2.44. The van der Waals surface area contributed by atoms with Crippen molar-refractivity contribution in [2.45, 2.75) is 39.9 Å². The molecule has 4 nitrogen and oxygen atoms in total. The van der Waals surface area contributed by atoms with Crippen LogP contribution in [0.2, 0.25) is 0 Å². The molecule has 2 aliphatic rings. The smallest absolute Gasteiger partial charge is 0.194 e. The molecular formula is C50H42Br4O4. The molecule has 7 aromatic rings. The number of rotatable bonds is 2. The van der Waals surface area contributed by atoms with E-state index in [1.54, 1.807) is 36.4 Å². The molecule has 58 heavy (non-hydrogen) atoms. The van der Waals surface area contributed by atoms with Crippen LogP contribution in [0.4, 0.5) is 0 Å². The standard InChI is InChI=1S/C27H20Br2O2.C15H10O2.C6H4Br2.2CH4/c1-17-6-15-24-25(16-17)27(31,19-9-13-21(29)14-10-19)23-5-3-2-4-22(23)26(24,30)18-7-11-20(28)12-8-18;1-9-6-7-12-13(8-9)15(17)11-5-3-2-4-10(11)14(12)16;7-5-1-2-6(8)4-3-5;;/h2-16,30-31H,1H3;2-8H,1H3;1-4H;2*1H4. The highest BCUT2D eigenvalue weighted by atomic mass is 79.9. The monoisotopic (exact) mass is 1020 g/mol. The highest BCUT2D eigenvalue weighted by molar-refractivity contribution is 9.11. The van der Waals surface area contributed by atoms with Crippen molar-refractivity contribution in [1.82, 2.24) is 0 Å². The molecule has 2 atom stereocenters. The van der Waals surface area contributed by atoms with Gasteiger partial charge in [0, 0.05) is 40.1 Å². The molecule has 0 aliphatic heterocycles. The molecule has 0 radical (unpaired) electrons. The van der Waals surface area contributed by atoms with Gasteiger partial charge in [-0.3, -0.25) is 9.59 Å². The molecular weight excluding hydrogens is 984 g/mol. The number of benzene rings is 7. The number of ketones is 2. The number of halogens is 4. The van der Waals surface area contributed by atoms with Crippen LogP contribution in [0, 0.1) is 13.8 Å². The summed E-state index contributed by atoms with van der Waals surface area (Å²) >= 11 is 13.6. The zero-order valence-electron chi connectivity index (χ0n) is 30.2. The maximum absolute atomic E-state index is 12.4. The van der Waals surface area contributed by atoms with Gasteiger partial charge in [-0.15, -0.1) is 0 Å². The Morgan fingerprint density at radius 2 is 0.707 bits per heavy atom. The third-order valence-corrected chi connectivity index (χ3v) is 12.2. The van der Waals surface area contributed by atoms with Gasteiger partial charge < -0.3 is 10.2 Å². The minimum Gasteiger partial charge on any atom is -0.376 e. The van der Waals surface area contributed by atoms with Crippen molar-refractivity contribution >= 4 is 75.3 Å². The van der Waals surface area contributed by atoms with E-state index in [2.05, 4.69) is 63.7 Å². The summed E-state index contributed by atoms with van der Waals surface area (Å²) in [7, 11) is 0. The molecule has 0 spiro atoms. The maximum Gasteiger partial charge on any atom is 0.194 e. The second kappa shape index (κ2) is 18.3. The largest absolute Gasteiger partial charge is 0.376 e. The molecule has 0 amide bonds. The number of carbonyl (C=O) groups is 2. The number of aryl methyl sites for hydroxylation is 2. The fourth-order valence-corrected chi connectivity index (χ4v) is 8.38. The first kappa shape index (κ1) is 44.8. The van der Waals surface area contributed by atoms with Crippen LogP contribution in [0.15, 0.2) is 176 Å². The quantitative estimate of drug-likeness (QED) is 0.181. The van der Waals surface area contributed by atoms with Gasteiger partial charge in [0.2, 0.25) is 0 Å². The molecule has 0 aromatic heterocycles. The van der Waals surface area contributed by atoms with Gasteiger partial charge in [-0.05, 0) is 102 Å². The minimum atomic E-state index is -1.39. The van der Waals surface area contributed by atoms with E-state index in [9.17, 15) is 19.8 Å². The lowest BCUT2D eigenvalue weighted by molar-refractivity contribution is 0.0747. The maximum atomic E-state index is 12.4. The molecule has 2 aliphatic carbocycles. The Hall–Kier alpha value is -4.28. The summed E-state index contributed by atoms with van der Waals surface area (Å²) in [5.74, 6) is -0.117. The molecule has 8 heteroatoms. The van der Waals surface area contributed by atoms with Crippen molar-refractivity contribution < 1.29 is 19.8 Å². The van der Waals surface area contributed by atoms with E-state index in [4.69, 9.17) is 0 Å². The molecule has 2 N–H and O–H groups in total. The summed E-state index contributed by atoms with van der Waals surface area (Å²) in [5, 5.41) is 24.7. The van der Waals surface area contributed by atoms with Gasteiger partial charge in [-0.25, -0.2) is 0 Å². The van der Waals surface area contributed by atoms with Crippen molar-refractivity contribution in [3.05, 3.63) is 242 Å². The highest BCUT2D eigenvalue weighted by Crippen LogP contribution is 2.53. The number of aliphatic hydroxyl groups is 2. The predicted octanol–water partition coefficient (Wildman–Crippen LogP) is 13.7. The molecule has 0 saturated carbocycles. The Balaban J connectivity index is 0.000000198. The van der Waals surface area contributed by atoms with Crippen LogP contribution in [0.5, 0.6) is 0 Å². The fraction of sp³-hybridized carbons (Fsp3) is 0.120. The van der Waals surface area contributed by atoms with E-state index in [0.717, 1.165) is 40.1 Å². The molecule has 9 rings (SSSR count). The van der Waals surface area contributed by atoms with Gasteiger partial charge in [0.1, 0.15) is 11.2 Å². The lowest BCUT2D eigenvalue weighted by atomic mass is 9.63. The van der Waals surface area contributed by atoms with E-state index < -0.39 is 11.2 Å². The Bertz CT molecular complexity index is 2580. The summed E-state index contributed by atoms with van der Waals surface area (Å²) in [4.78, 5) is 24.5. The number of hydrogen-bond donors (Lipinski definition) is 2. The van der Waals surface area contributed by atoms with E-state index in [-0.39, 0.29) is 26.4 Å². The van der Waals surface area contributed by atoms with Gasteiger partial charge in [0.25, 0.3) is 0 Å². The van der Waals surface area contributed by atoms with Crippen molar-refractivity contribution in [3.8, 4) is 0 Å². The Kier molecular flexibility index (Phi) is 14.2. The third-order valence-electron chi connectivity index (χ3n) is 10.1. The van der Waals surface area contributed by atoms with Crippen molar-refractivity contribution in [2.24, 2.45) is 0 Å². The normalized spacial score (nSPS) is 16.9. The Morgan fingerprint density at radius 1 is 0.379 bits per heavy atom. The SMILES string of the molecule is Brc1ccc(Br)cc1.C.C.Cc1ccc2c(c1)C(=O)c1ccccc1C2=O.Cc1ccc2c(c1)C(O)(c1ccc(Br)cc1)c1ccccc1C2(O)c1ccc(Br)cc1. The Morgan fingerprint density at radius 3 is 1.17 bits per heavy atom. The zero-order chi connectivity index (χ0) is 39.8. The van der Waals surface area contributed by atoms with Gasteiger partial charge in [0.15, 0.2) is 11.6 Å². The average Bonchev–Trinajstić information content (AvgIpc) is 3.21. The topological polar surface area (TPSA) is 74.6 Å². The van der Waals surface area contributed by atoms with Crippen LogP contribution in [-0.2, 0) is 11.2 Å². The number of hydrogen-bond acceptors (Lipinski definition) is 4. The summed E-state index contributed by atoms with van der Waals surface area (Å²) in [6, 6.07) is 49.3. The second-order valence-electron chi connectivity index (χ2n) is 13.7. The molecule has 0 fully saturated rings. The van der Waals surface area contributed by atoms with Crippen LogP contribution in [0.3, 0.4) is 0 Å². The van der Waals surface area contributed by atoms with Crippen LogP contribution >= 0.6 is 63.7 Å². The lowest BCUT2D eigenvalue weighted by Gasteiger charge is -2.45. The second-order valence-corrected chi connectivity index (χ2v) is 17.4. The molecule has 2 unspecified atom stereocenters. The minimum absolute atomic E-state index is 0. The van der Waals surface area contributed by atoms with Crippen LogP contribution in [0.25, 0.3) is 0 Å². The highest BCUT2D eigenvalue weighted by Gasteiger charge is 2.50. The van der Waals surface area contributed by atoms with Crippen LogP contribution in [0.1, 0.15) is 91.2 Å². The fourth-order valence-electron chi connectivity index (χ4n) is 7.32. The first-order chi connectivity index (χ1) is 26.8. The number of carbonyl (C=O) groups excluding carboxylic acids is 2. The van der Waals surface area contributed by atoms with Crippen molar-refractivity contribution in [1.29, 1.82) is 0 Å². The Labute approximate surface area is 374 Å². The van der Waals surface area contributed by atoms with E-state index in [1.807, 2.05) is 135 Å². The first-order valence-corrected chi connectivity index (χ1v) is 20.9. The third kappa shape index (κ3) is 8.42. The van der Waals surface area contributed by atoms with E-state index in [0.29, 0.717) is 44.5 Å². The van der Waals surface area contributed by atoms with Gasteiger partial charge >= 0.3 is 0 Å². The zero-order valence-corrected chi connectivity index (χ0v) is 36.6. The number of fused-ring (bicyclic) bond motifs is 4. The van der Waals surface area contributed by atoms with E-state index in [1.165, 1.54) is 0 Å². The van der Waals surface area contributed by atoms with E-state index >= 15 is 0 Å². The molecule has 294 valence electrons. The van der Waals surface area contributed by atoms with Gasteiger partial charge in [0.05, 0.1) is 0 Å². The predicted molar refractivity (Wildman–Crippen MR) is 250 cm³/mol. The molecule has 0 saturated heterocycles. The molecule has 0 heterocycles. The van der Waals surface area contributed by atoms with Crippen molar-refractivity contribution in [2.75, 3.05) is 0 Å². The van der Waals surface area contributed by atoms with Crippen LogP contribution < -0.4 is 0 Å². The summed E-state index contributed by atoms with van der Waals surface area (Å²) in [6.07, 6.45) is 0. The summed E-state index contributed by atoms with van der Waals surface area (Å²) in [5.41, 5.74) is 5.54. The van der Waals surface area contributed by atoms with Crippen LogP contribution in [-0.4, -0.2) is 21.8 Å². The molecule has 7 aromatic carbocycles. The summed E-state index contributed by atoms with van der Waals surface area (Å²) < 4.78 is 4.11. The van der Waals surface area contributed by atoms with Gasteiger partial charge in [-0.2, -0.15) is 0 Å². The first-order valence-electron chi connectivity index (χ1n) is 17.7. The van der Waals surface area contributed by atoms with Gasteiger partial charge in [-0.1, -0.05) is 193 Å². The molecule has 0 bridgehead atoms. The summed E-state index contributed by atoms with van der Waals surface area (Å²) in [6.45, 7) is 3.92.